The highest BCUT2D eigenvalue weighted by atomic mass is 32.2. The summed E-state index contributed by atoms with van der Waals surface area (Å²) in [4.78, 5) is 40.2. The molecule has 0 spiro atoms. The molecule has 0 bridgehead atoms. The monoisotopic (exact) mass is 626 g/mol. The molecular weight excluding hydrogens is 584 g/mol. The molecule has 1 aromatic carbocycles. The number of nitrogens with one attached hydrogen (secondary N) is 2. The molecule has 0 atom stereocenters. The van der Waals surface area contributed by atoms with Gasteiger partial charge < -0.3 is 20.3 Å². The number of nitrogens with zero attached hydrogens (tertiary/aromatic N) is 4. The first-order valence-corrected chi connectivity index (χ1v) is 16.3. The fourth-order valence-corrected chi connectivity index (χ4v) is 8.16. The number of hydrogen-bond donors (Lipinski definition) is 2. The van der Waals surface area contributed by atoms with Crippen molar-refractivity contribution in [1.29, 1.82) is 5.26 Å². The molecule has 1 saturated carbocycles. The summed E-state index contributed by atoms with van der Waals surface area (Å²) < 4.78 is 32.4. The zero-order valence-electron chi connectivity index (χ0n) is 26.3. The lowest BCUT2D eigenvalue weighted by molar-refractivity contribution is 0.0526. The molecule has 0 saturated heterocycles. The van der Waals surface area contributed by atoms with Gasteiger partial charge in [0.2, 0.25) is 0 Å². The average Bonchev–Trinajstić information content (AvgIpc) is 3.66. The Hall–Kier alpha value is -3.92. The number of aryl methyl sites for hydroxylation is 1. The van der Waals surface area contributed by atoms with Gasteiger partial charge in [-0.2, -0.15) is 10.4 Å². The second-order valence-corrected chi connectivity index (χ2v) is 16.2. The third kappa shape index (κ3) is 6.90. The van der Waals surface area contributed by atoms with E-state index in [9.17, 15) is 22.8 Å². The molecular formula is C31H42N6O6S. The van der Waals surface area contributed by atoms with Crippen LogP contribution >= 0.6 is 0 Å². The molecule has 0 radical (unpaired) electrons. The summed E-state index contributed by atoms with van der Waals surface area (Å²) in [5, 5.41) is 18.8. The summed E-state index contributed by atoms with van der Waals surface area (Å²) in [6, 6.07) is 8.93. The first-order chi connectivity index (χ1) is 20.5. The molecule has 4 rings (SSSR count). The molecule has 1 aromatic heterocycles. The van der Waals surface area contributed by atoms with Gasteiger partial charge in [-0.15, -0.1) is 0 Å². The lowest BCUT2D eigenvalue weighted by atomic mass is 10.0. The van der Waals surface area contributed by atoms with Crippen LogP contribution in [0, 0.1) is 11.3 Å². The fraction of sp³-hybridized carbons (Fsp3) is 0.581. The zero-order chi connectivity index (χ0) is 32.5. The lowest BCUT2D eigenvalue weighted by Gasteiger charge is -2.35. The zero-order valence-corrected chi connectivity index (χ0v) is 27.1. The Kier molecular flexibility index (Phi) is 9.17. The van der Waals surface area contributed by atoms with E-state index in [4.69, 9.17) is 10.00 Å². The lowest BCUT2D eigenvalue weighted by Crippen LogP contribution is -2.50. The minimum Gasteiger partial charge on any atom is -0.444 e. The van der Waals surface area contributed by atoms with Crippen molar-refractivity contribution in [2.24, 2.45) is 7.05 Å². The molecule has 12 nitrogen and oxygen atoms in total. The predicted molar refractivity (Wildman–Crippen MR) is 164 cm³/mol. The summed E-state index contributed by atoms with van der Waals surface area (Å²) in [6.45, 7) is 9.62. The number of carbonyl (C=O) groups is 3. The number of nitriles is 1. The number of rotatable bonds is 11. The van der Waals surface area contributed by atoms with E-state index in [1.54, 1.807) is 70.8 Å². The van der Waals surface area contributed by atoms with Gasteiger partial charge in [0.05, 0.1) is 21.1 Å². The minimum atomic E-state index is -3.66. The molecule has 0 unspecified atom stereocenters. The van der Waals surface area contributed by atoms with Gasteiger partial charge in [0.25, 0.3) is 11.8 Å². The maximum atomic E-state index is 13.9. The number of amides is 3. The molecule has 2 aliphatic rings. The number of aromatic nitrogens is 2. The second kappa shape index (κ2) is 12.2. The van der Waals surface area contributed by atoms with Crippen molar-refractivity contribution in [1.82, 2.24) is 25.3 Å². The Morgan fingerprint density at radius 2 is 1.77 bits per heavy atom. The SMILES string of the molecule is Cn1nc(C(=O)NCc2ccc(C#N)cc2)c2c1C(=O)N(CC1(S(=O)(=O)C(C)(C)CCCNC(=O)OC(C)(C)C)CC1)CC2. The maximum absolute atomic E-state index is 13.9. The number of fused-ring (bicyclic) bond motifs is 1. The number of hydrogen-bond acceptors (Lipinski definition) is 8. The van der Waals surface area contributed by atoms with Gasteiger partial charge in [0, 0.05) is 38.8 Å². The Balaban J connectivity index is 1.38. The van der Waals surface area contributed by atoms with Crippen LogP contribution in [0.3, 0.4) is 0 Å². The van der Waals surface area contributed by atoms with Gasteiger partial charge in [-0.1, -0.05) is 12.1 Å². The Labute approximate surface area is 259 Å². The van der Waals surface area contributed by atoms with Gasteiger partial charge >= 0.3 is 6.09 Å². The Bertz CT molecular complexity index is 1580. The second-order valence-electron chi connectivity index (χ2n) is 13.2. The number of sulfone groups is 1. The largest absolute Gasteiger partial charge is 0.444 e. The number of alkyl carbamates (subject to hydrolysis) is 1. The van der Waals surface area contributed by atoms with Crippen LogP contribution in [0.25, 0.3) is 0 Å². The standard InChI is InChI=1S/C31H42N6O6S/c1-29(2,3)43-28(40)33-16-7-13-30(4,5)44(41,42)31(14-15-31)20-37-17-12-23-24(35-36(6)25(23)27(37)39)26(38)34-19-22-10-8-21(18-32)9-11-22/h8-11H,7,12-17,19-20H2,1-6H3,(H,33,40)(H,34,38). The normalized spacial score (nSPS) is 16.1. The third-order valence-corrected chi connectivity index (χ3v) is 11.6. The van der Waals surface area contributed by atoms with Crippen LogP contribution in [0.5, 0.6) is 0 Å². The molecule has 2 N–H and O–H groups in total. The van der Waals surface area contributed by atoms with E-state index in [0.29, 0.717) is 48.9 Å². The molecule has 2 aromatic rings. The Morgan fingerprint density at radius 3 is 2.36 bits per heavy atom. The van der Waals surface area contributed by atoms with Crippen molar-refractivity contribution in [3.63, 3.8) is 0 Å². The molecule has 13 heteroatoms. The number of benzene rings is 1. The molecule has 44 heavy (non-hydrogen) atoms. The highest BCUT2D eigenvalue weighted by molar-refractivity contribution is 7.94. The van der Waals surface area contributed by atoms with Gasteiger partial charge in [-0.25, -0.2) is 13.2 Å². The van der Waals surface area contributed by atoms with Gasteiger partial charge in [0.15, 0.2) is 15.5 Å². The van der Waals surface area contributed by atoms with E-state index in [0.717, 1.165) is 5.56 Å². The molecule has 238 valence electrons. The Morgan fingerprint density at radius 1 is 1.11 bits per heavy atom. The predicted octanol–water partition coefficient (Wildman–Crippen LogP) is 3.25. The van der Waals surface area contributed by atoms with Crippen molar-refractivity contribution < 1.29 is 27.5 Å². The summed E-state index contributed by atoms with van der Waals surface area (Å²) in [7, 11) is -2.05. The van der Waals surface area contributed by atoms with Crippen molar-refractivity contribution in [3.05, 3.63) is 52.3 Å². The van der Waals surface area contributed by atoms with Crippen LogP contribution in [0.4, 0.5) is 4.79 Å². The highest BCUT2D eigenvalue weighted by Crippen LogP contribution is 2.50. The molecule has 1 aliphatic heterocycles. The highest BCUT2D eigenvalue weighted by Gasteiger charge is 2.60. The maximum Gasteiger partial charge on any atom is 0.407 e. The third-order valence-electron chi connectivity index (χ3n) is 8.23. The molecule has 1 aliphatic carbocycles. The van der Waals surface area contributed by atoms with Crippen LogP contribution in [-0.4, -0.2) is 75.7 Å². The van der Waals surface area contributed by atoms with Crippen LogP contribution in [0.15, 0.2) is 24.3 Å². The van der Waals surface area contributed by atoms with Crippen molar-refractivity contribution in [2.45, 2.75) is 88.4 Å². The van der Waals surface area contributed by atoms with Crippen LogP contribution in [0.1, 0.15) is 98.0 Å². The van der Waals surface area contributed by atoms with Crippen molar-refractivity contribution >= 4 is 27.7 Å². The first-order valence-electron chi connectivity index (χ1n) is 14.8. The van der Waals surface area contributed by atoms with Gasteiger partial charge in [0.1, 0.15) is 11.3 Å². The first kappa shape index (κ1) is 33.0. The topological polar surface area (TPSA) is 163 Å². The van der Waals surface area contributed by atoms with E-state index in [-0.39, 0.29) is 37.8 Å². The van der Waals surface area contributed by atoms with Crippen molar-refractivity contribution in [2.75, 3.05) is 19.6 Å². The quantitative estimate of drug-likeness (QED) is 0.359. The fourth-order valence-electron chi connectivity index (χ4n) is 5.60. The summed E-state index contributed by atoms with van der Waals surface area (Å²) in [5.74, 6) is -0.746. The van der Waals surface area contributed by atoms with Gasteiger partial charge in [-0.3, -0.25) is 14.3 Å². The number of ether oxygens (including phenoxy) is 1. The number of carbonyl (C=O) groups excluding carboxylic acids is 3. The van der Waals surface area contributed by atoms with Crippen LogP contribution in [-0.2, 0) is 34.6 Å². The van der Waals surface area contributed by atoms with Gasteiger partial charge in [-0.05, 0) is 84.4 Å². The van der Waals surface area contributed by atoms with E-state index < -0.39 is 36.9 Å². The molecule has 1 fully saturated rings. The minimum absolute atomic E-state index is 0.0819. The van der Waals surface area contributed by atoms with E-state index in [1.165, 1.54) is 4.68 Å². The summed E-state index contributed by atoms with van der Waals surface area (Å²) in [5.41, 5.74) is 1.76. The van der Waals surface area contributed by atoms with Crippen molar-refractivity contribution in [3.8, 4) is 6.07 Å². The molecule has 3 amide bonds. The summed E-state index contributed by atoms with van der Waals surface area (Å²) >= 11 is 0. The smallest absolute Gasteiger partial charge is 0.407 e. The average molecular weight is 627 g/mol. The molecule has 2 heterocycles. The summed E-state index contributed by atoms with van der Waals surface area (Å²) in [6.07, 6.45) is 1.58. The van der Waals surface area contributed by atoms with E-state index in [1.807, 2.05) is 0 Å². The van der Waals surface area contributed by atoms with Crippen LogP contribution < -0.4 is 10.6 Å². The van der Waals surface area contributed by atoms with E-state index >= 15 is 0 Å². The van der Waals surface area contributed by atoms with E-state index in [2.05, 4.69) is 21.8 Å². The van der Waals surface area contributed by atoms with Crippen LogP contribution in [0.2, 0.25) is 0 Å².